The average Bonchev–Trinajstić information content (AvgIpc) is 2.77. The van der Waals surface area contributed by atoms with Crippen LogP contribution in [-0.2, 0) is 5.92 Å². The van der Waals surface area contributed by atoms with Gasteiger partial charge in [-0.3, -0.25) is 0 Å². The van der Waals surface area contributed by atoms with E-state index in [-0.39, 0.29) is 17.1 Å². The maximum Gasteiger partial charge on any atom is 0.278 e. The van der Waals surface area contributed by atoms with Gasteiger partial charge in [-0.05, 0) is 37.6 Å². The molecule has 0 aliphatic carbocycles. The topological polar surface area (TPSA) is 12.0 Å². The summed E-state index contributed by atoms with van der Waals surface area (Å²) in [7, 11) is 0. The second-order valence-electron chi connectivity index (χ2n) is 4.39. The number of hydrogen-bond acceptors (Lipinski definition) is 1. The third-order valence-electron chi connectivity index (χ3n) is 3.18. The summed E-state index contributed by atoms with van der Waals surface area (Å²) in [5.41, 5.74) is -0.130. The summed E-state index contributed by atoms with van der Waals surface area (Å²) < 4.78 is 41.7. The van der Waals surface area contributed by atoms with Gasteiger partial charge in [0.2, 0.25) is 0 Å². The summed E-state index contributed by atoms with van der Waals surface area (Å²) in [6.07, 6.45) is 0.374. The van der Waals surface area contributed by atoms with Crippen molar-refractivity contribution in [3.05, 3.63) is 34.1 Å². The second-order valence-corrected chi connectivity index (χ2v) is 4.80. The van der Waals surface area contributed by atoms with E-state index >= 15 is 0 Å². The number of rotatable bonds is 2. The summed E-state index contributed by atoms with van der Waals surface area (Å²) in [6.45, 7) is 2.30. The van der Waals surface area contributed by atoms with Crippen molar-refractivity contribution in [3.8, 4) is 0 Å². The fourth-order valence-electron chi connectivity index (χ4n) is 2.09. The van der Waals surface area contributed by atoms with Crippen LogP contribution in [0.4, 0.5) is 13.2 Å². The minimum Gasteiger partial charge on any atom is -0.316 e. The highest BCUT2D eigenvalue weighted by Gasteiger charge is 2.44. The van der Waals surface area contributed by atoms with Crippen LogP contribution in [0.25, 0.3) is 0 Å². The molecular weight excluding hydrogens is 251 g/mol. The lowest BCUT2D eigenvalue weighted by atomic mass is 9.93. The van der Waals surface area contributed by atoms with Crippen molar-refractivity contribution >= 4 is 11.6 Å². The first-order valence-corrected chi connectivity index (χ1v) is 5.85. The highest BCUT2D eigenvalue weighted by atomic mass is 35.5. The maximum absolute atomic E-state index is 14.1. The monoisotopic (exact) mass is 263 g/mol. The predicted octanol–water partition coefficient (Wildman–Crippen LogP) is 3.49. The van der Waals surface area contributed by atoms with Crippen LogP contribution in [0.15, 0.2) is 12.1 Å². The molecule has 1 aliphatic heterocycles. The number of nitrogens with one attached hydrogen (secondary N) is 1. The van der Waals surface area contributed by atoms with Crippen LogP contribution in [0.2, 0.25) is 5.02 Å². The minimum absolute atomic E-state index is 0.0687. The molecule has 94 valence electrons. The Bertz CT molecular complexity index is 428. The molecule has 0 aromatic heterocycles. The van der Waals surface area contributed by atoms with Gasteiger partial charge < -0.3 is 5.32 Å². The van der Waals surface area contributed by atoms with Crippen LogP contribution in [-0.4, -0.2) is 13.1 Å². The van der Waals surface area contributed by atoms with Gasteiger partial charge in [-0.25, -0.2) is 13.2 Å². The van der Waals surface area contributed by atoms with Gasteiger partial charge in [-0.15, -0.1) is 0 Å². The van der Waals surface area contributed by atoms with Crippen molar-refractivity contribution in [2.45, 2.75) is 19.3 Å². The summed E-state index contributed by atoms with van der Waals surface area (Å²) >= 11 is 5.80. The van der Waals surface area contributed by atoms with Crippen molar-refractivity contribution < 1.29 is 13.2 Å². The summed E-state index contributed by atoms with van der Waals surface area (Å²) in [5.74, 6) is -4.55. The Labute approximate surface area is 103 Å². The van der Waals surface area contributed by atoms with Crippen LogP contribution in [0, 0.1) is 18.7 Å². The first-order valence-electron chi connectivity index (χ1n) is 5.47. The summed E-state index contributed by atoms with van der Waals surface area (Å²) in [5, 5.41) is 2.81. The summed E-state index contributed by atoms with van der Waals surface area (Å²) in [4.78, 5) is 0. The second kappa shape index (κ2) is 4.50. The normalized spacial score (nSPS) is 20.9. The van der Waals surface area contributed by atoms with Gasteiger partial charge in [0.1, 0.15) is 5.82 Å². The van der Waals surface area contributed by atoms with E-state index in [0.29, 0.717) is 13.0 Å². The van der Waals surface area contributed by atoms with Gasteiger partial charge in [0.15, 0.2) is 0 Å². The third kappa shape index (κ3) is 2.29. The van der Waals surface area contributed by atoms with Crippen molar-refractivity contribution in [3.63, 3.8) is 0 Å². The van der Waals surface area contributed by atoms with Crippen molar-refractivity contribution in [1.82, 2.24) is 5.32 Å². The zero-order chi connectivity index (χ0) is 12.6. The summed E-state index contributed by atoms with van der Waals surface area (Å²) in [6, 6.07) is 2.11. The SMILES string of the molecule is Cc1cc(Cl)c(C(F)(F)C2CCNC2)cc1F. The van der Waals surface area contributed by atoms with Crippen LogP contribution in [0.5, 0.6) is 0 Å². The zero-order valence-electron chi connectivity index (χ0n) is 9.37. The molecule has 1 unspecified atom stereocenters. The predicted molar refractivity (Wildman–Crippen MR) is 61.0 cm³/mol. The third-order valence-corrected chi connectivity index (χ3v) is 3.49. The van der Waals surface area contributed by atoms with E-state index in [9.17, 15) is 13.2 Å². The van der Waals surface area contributed by atoms with E-state index in [0.717, 1.165) is 6.07 Å². The van der Waals surface area contributed by atoms with E-state index < -0.39 is 23.2 Å². The molecule has 17 heavy (non-hydrogen) atoms. The van der Waals surface area contributed by atoms with E-state index in [2.05, 4.69) is 5.32 Å². The maximum atomic E-state index is 14.1. The molecule has 1 N–H and O–H groups in total. The van der Waals surface area contributed by atoms with Gasteiger partial charge >= 0.3 is 0 Å². The minimum atomic E-state index is -3.09. The molecule has 2 rings (SSSR count). The van der Waals surface area contributed by atoms with E-state index in [1.165, 1.54) is 13.0 Å². The standard InChI is InChI=1S/C12H13ClF3N/c1-7-4-10(13)9(5-11(7)14)12(15,16)8-2-3-17-6-8/h4-5,8,17H,2-3,6H2,1H3. The number of aryl methyl sites for hydroxylation is 1. The molecule has 1 aromatic carbocycles. The fourth-order valence-corrected chi connectivity index (χ4v) is 2.43. The molecule has 1 aromatic rings. The molecule has 0 bridgehead atoms. The average molecular weight is 264 g/mol. The van der Waals surface area contributed by atoms with Crippen molar-refractivity contribution in [2.24, 2.45) is 5.92 Å². The molecule has 0 radical (unpaired) electrons. The Morgan fingerprint density at radius 2 is 2.12 bits per heavy atom. The van der Waals surface area contributed by atoms with Gasteiger partial charge in [-0.1, -0.05) is 11.6 Å². The first kappa shape index (κ1) is 12.7. The lowest BCUT2D eigenvalue weighted by Gasteiger charge is -2.24. The van der Waals surface area contributed by atoms with Gasteiger partial charge in [0.05, 0.1) is 5.02 Å². The molecule has 1 atom stereocenters. The number of halogens is 4. The smallest absolute Gasteiger partial charge is 0.278 e. The van der Waals surface area contributed by atoms with E-state index in [1.807, 2.05) is 0 Å². The number of hydrogen-bond donors (Lipinski definition) is 1. The Kier molecular flexibility index (Phi) is 3.36. The first-order chi connectivity index (χ1) is 7.93. The molecule has 1 aliphatic rings. The number of alkyl halides is 2. The molecular formula is C12H13ClF3N. The zero-order valence-corrected chi connectivity index (χ0v) is 10.1. The highest BCUT2D eigenvalue weighted by Crippen LogP contribution is 2.42. The molecule has 0 amide bonds. The van der Waals surface area contributed by atoms with Gasteiger partial charge in [-0.2, -0.15) is 0 Å². The van der Waals surface area contributed by atoms with Crippen LogP contribution in [0.1, 0.15) is 17.5 Å². The molecule has 1 fully saturated rings. The van der Waals surface area contributed by atoms with Crippen molar-refractivity contribution in [2.75, 3.05) is 13.1 Å². The lowest BCUT2D eigenvalue weighted by molar-refractivity contribution is -0.0576. The Balaban J connectivity index is 2.41. The van der Waals surface area contributed by atoms with Crippen molar-refractivity contribution in [1.29, 1.82) is 0 Å². The molecule has 1 saturated heterocycles. The highest BCUT2D eigenvalue weighted by molar-refractivity contribution is 6.31. The molecule has 1 heterocycles. The van der Waals surface area contributed by atoms with Gasteiger partial charge in [0, 0.05) is 18.0 Å². The Morgan fingerprint density at radius 1 is 1.41 bits per heavy atom. The lowest BCUT2D eigenvalue weighted by Crippen LogP contribution is -2.28. The molecule has 5 heteroatoms. The van der Waals surface area contributed by atoms with Crippen LogP contribution < -0.4 is 5.32 Å². The fraction of sp³-hybridized carbons (Fsp3) is 0.500. The molecule has 0 saturated carbocycles. The largest absolute Gasteiger partial charge is 0.316 e. The molecule has 1 nitrogen and oxygen atoms in total. The van der Waals surface area contributed by atoms with E-state index in [4.69, 9.17) is 11.6 Å². The van der Waals surface area contributed by atoms with Crippen LogP contribution >= 0.6 is 11.6 Å². The van der Waals surface area contributed by atoms with Crippen LogP contribution in [0.3, 0.4) is 0 Å². The molecule has 0 spiro atoms. The Morgan fingerprint density at radius 3 is 2.71 bits per heavy atom. The van der Waals surface area contributed by atoms with E-state index in [1.54, 1.807) is 0 Å². The van der Waals surface area contributed by atoms with Gasteiger partial charge in [0.25, 0.3) is 5.92 Å². The number of benzene rings is 1. The quantitative estimate of drug-likeness (QED) is 0.861. The Hall–Kier alpha value is -0.740.